The lowest BCUT2D eigenvalue weighted by Gasteiger charge is -2.00. The van der Waals surface area contributed by atoms with Crippen LogP contribution in [0.4, 0.5) is 0 Å². The number of hydrogen-bond donors (Lipinski definition) is 1. The Bertz CT molecular complexity index is 563. The first-order valence-electron chi connectivity index (χ1n) is 10.8. The molecule has 0 saturated heterocycles. The van der Waals surface area contributed by atoms with E-state index in [1.807, 2.05) is 0 Å². The number of nitrogens with zero attached hydrogens (tertiary/aromatic N) is 1. The van der Waals surface area contributed by atoms with Crippen LogP contribution in [0.15, 0.2) is 48.6 Å². The standard InChI is InChI=1S/C23H36N2O4/c26-23(24-22-19-20-22)18-16-14-12-10-8-6-4-2-1-3-5-7-9-11-13-15-17-21-29-25(27)28/h1,3-4,6-7,9-10,12,22H,2,5,8,11,13-21H2,(H,24,26)/b3-1-,6-4-,9-7-,12-10-. The van der Waals surface area contributed by atoms with Gasteiger partial charge in [-0.25, -0.2) is 0 Å². The quantitative estimate of drug-likeness (QED) is 0.140. The highest BCUT2D eigenvalue weighted by atomic mass is 16.9. The third-order valence-corrected chi connectivity index (χ3v) is 4.41. The van der Waals surface area contributed by atoms with Crippen molar-refractivity contribution in [2.75, 3.05) is 6.61 Å². The average Bonchev–Trinajstić information content (AvgIpc) is 3.50. The molecule has 0 heterocycles. The molecule has 1 aliphatic carbocycles. The number of carbonyl (C=O) groups is 1. The summed E-state index contributed by atoms with van der Waals surface area (Å²) < 4.78 is 0. The topological polar surface area (TPSA) is 81.5 Å². The lowest BCUT2D eigenvalue weighted by Crippen LogP contribution is -2.24. The second-order valence-corrected chi connectivity index (χ2v) is 7.23. The Labute approximate surface area is 174 Å². The molecule has 0 unspecified atom stereocenters. The zero-order valence-electron chi connectivity index (χ0n) is 17.5. The molecule has 0 aromatic heterocycles. The van der Waals surface area contributed by atoms with Gasteiger partial charge in [-0.05, 0) is 64.2 Å². The Balaban J connectivity index is 1.84. The number of allylic oxidation sites excluding steroid dienone is 8. The van der Waals surface area contributed by atoms with E-state index < -0.39 is 5.09 Å². The summed E-state index contributed by atoms with van der Waals surface area (Å²) in [4.78, 5) is 25.8. The molecule has 162 valence electrons. The second-order valence-electron chi connectivity index (χ2n) is 7.23. The van der Waals surface area contributed by atoms with Crippen molar-refractivity contribution >= 4 is 5.91 Å². The van der Waals surface area contributed by atoms with E-state index in [0.717, 1.165) is 70.6 Å². The Morgan fingerprint density at radius 1 is 0.862 bits per heavy atom. The fraction of sp³-hybridized carbons (Fsp3) is 0.609. The minimum Gasteiger partial charge on any atom is -0.353 e. The van der Waals surface area contributed by atoms with Crippen LogP contribution in [0.2, 0.25) is 0 Å². The molecule has 6 heteroatoms. The molecule has 1 fully saturated rings. The summed E-state index contributed by atoms with van der Waals surface area (Å²) in [6.45, 7) is 0.196. The Kier molecular flexibility index (Phi) is 15.1. The maximum absolute atomic E-state index is 11.5. The molecule has 1 N–H and O–H groups in total. The minimum atomic E-state index is -0.737. The second kappa shape index (κ2) is 17.7. The molecule has 0 spiro atoms. The highest BCUT2D eigenvalue weighted by Gasteiger charge is 2.22. The zero-order valence-corrected chi connectivity index (χ0v) is 17.5. The Morgan fingerprint density at radius 3 is 1.97 bits per heavy atom. The Morgan fingerprint density at radius 2 is 1.41 bits per heavy atom. The van der Waals surface area contributed by atoms with Crippen molar-refractivity contribution in [2.45, 2.75) is 83.1 Å². The van der Waals surface area contributed by atoms with E-state index in [4.69, 9.17) is 0 Å². The molecule has 6 nitrogen and oxygen atoms in total. The van der Waals surface area contributed by atoms with Gasteiger partial charge >= 0.3 is 0 Å². The van der Waals surface area contributed by atoms with E-state index in [-0.39, 0.29) is 12.5 Å². The summed E-state index contributed by atoms with van der Waals surface area (Å²) in [5, 5.41) is 12.2. The van der Waals surface area contributed by atoms with Crippen LogP contribution >= 0.6 is 0 Å². The van der Waals surface area contributed by atoms with Crippen LogP contribution in [-0.2, 0) is 9.63 Å². The zero-order chi connectivity index (χ0) is 21.0. The van der Waals surface area contributed by atoms with Crippen LogP contribution in [0.3, 0.4) is 0 Å². The average molecular weight is 405 g/mol. The molecule has 1 aliphatic rings. The third kappa shape index (κ3) is 18.7. The molecular formula is C23H36N2O4. The van der Waals surface area contributed by atoms with E-state index in [0.29, 0.717) is 12.5 Å². The largest absolute Gasteiger partial charge is 0.353 e. The molecule has 0 atom stereocenters. The number of amides is 1. The molecule has 1 rings (SSSR count). The van der Waals surface area contributed by atoms with Gasteiger partial charge in [0.15, 0.2) is 0 Å². The van der Waals surface area contributed by atoms with Gasteiger partial charge in [0.2, 0.25) is 5.91 Å². The van der Waals surface area contributed by atoms with Crippen molar-refractivity contribution in [3.05, 3.63) is 58.7 Å². The van der Waals surface area contributed by atoms with Gasteiger partial charge in [0.1, 0.15) is 0 Å². The van der Waals surface area contributed by atoms with E-state index in [9.17, 15) is 14.9 Å². The summed E-state index contributed by atoms with van der Waals surface area (Å²) >= 11 is 0. The van der Waals surface area contributed by atoms with Crippen LogP contribution in [0.5, 0.6) is 0 Å². The molecule has 0 bridgehead atoms. The van der Waals surface area contributed by atoms with Crippen molar-refractivity contribution in [3.8, 4) is 0 Å². The monoisotopic (exact) mass is 404 g/mol. The molecule has 0 radical (unpaired) electrons. The maximum atomic E-state index is 11.5. The van der Waals surface area contributed by atoms with Crippen molar-refractivity contribution in [2.24, 2.45) is 0 Å². The van der Waals surface area contributed by atoms with Crippen molar-refractivity contribution in [1.29, 1.82) is 0 Å². The summed E-state index contributed by atoms with van der Waals surface area (Å²) in [7, 11) is 0. The fourth-order valence-corrected chi connectivity index (χ4v) is 2.64. The summed E-state index contributed by atoms with van der Waals surface area (Å²) in [6.07, 6.45) is 28.6. The van der Waals surface area contributed by atoms with E-state index in [2.05, 4.69) is 58.8 Å². The van der Waals surface area contributed by atoms with Gasteiger partial charge < -0.3 is 10.2 Å². The number of hydrogen-bond acceptors (Lipinski definition) is 4. The lowest BCUT2D eigenvalue weighted by atomic mass is 10.2. The molecule has 0 aliphatic heterocycles. The van der Waals surface area contributed by atoms with Gasteiger partial charge in [-0.15, -0.1) is 10.1 Å². The number of rotatable bonds is 18. The predicted octanol–water partition coefficient (Wildman–Crippen LogP) is 5.60. The summed E-state index contributed by atoms with van der Waals surface area (Å²) in [5.41, 5.74) is 0. The molecule has 0 aromatic carbocycles. The Hall–Kier alpha value is -2.37. The van der Waals surface area contributed by atoms with Crippen molar-refractivity contribution < 1.29 is 14.7 Å². The first kappa shape index (κ1) is 24.7. The van der Waals surface area contributed by atoms with Crippen LogP contribution in [0, 0.1) is 10.1 Å². The first-order chi connectivity index (χ1) is 14.2. The highest BCUT2D eigenvalue weighted by Crippen LogP contribution is 2.18. The van der Waals surface area contributed by atoms with Gasteiger partial charge in [-0.2, -0.15) is 0 Å². The van der Waals surface area contributed by atoms with Gasteiger partial charge in [0.25, 0.3) is 5.09 Å². The highest BCUT2D eigenvalue weighted by molar-refractivity contribution is 5.76. The smallest absolute Gasteiger partial charge is 0.294 e. The van der Waals surface area contributed by atoms with Crippen molar-refractivity contribution in [1.82, 2.24) is 5.32 Å². The van der Waals surface area contributed by atoms with Crippen molar-refractivity contribution in [3.63, 3.8) is 0 Å². The van der Waals surface area contributed by atoms with Crippen LogP contribution in [-0.4, -0.2) is 23.6 Å². The molecule has 0 aromatic rings. The summed E-state index contributed by atoms with van der Waals surface area (Å²) in [6, 6.07) is 0.468. The predicted molar refractivity (Wildman–Crippen MR) is 117 cm³/mol. The van der Waals surface area contributed by atoms with Gasteiger partial charge in [-0.3, -0.25) is 4.79 Å². The molecule has 1 amide bonds. The molecular weight excluding hydrogens is 368 g/mol. The molecule has 29 heavy (non-hydrogen) atoms. The fourth-order valence-electron chi connectivity index (χ4n) is 2.64. The van der Waals surface area contributed by atoms with Crippen LogP contribution in [0.1, 0.15) is 77.0 Å². The van der Waals surface area contributed by atoms with E-state index >= 15 is 0 Å². The first-order valence-corrected chi connectivity index (χ1v) is 10.8. The summed E-state index contributed by atoms with van der Waals surface area (Å²) in [5.74, 6) is 0.197. The van der Waals surface area contributed by atoms with Gasteiger partial charge in [-0.1, -0.05) is 55.0 Å². The third-order valence-electron chi connectivity index (χ3n) is 4.41. The van der Waals surface area contributed by atoms with E-state index in [1.165, 1.54) is 0 Å². The van der Waals surface area contributed by atoms with Crippen LogP contribution in [0.25, 0.3) is 0 Å². The van der Waals surface area contributed by atoms with Gasteiger partial charge in [0.05, 0.1) is 6.61 Å². The SMILES string of the molecule is O=C(CCC/C=C\C/C=C\C/C=C\C/C=C\CCCCCO[N+](=O)[O-])NC1CC1. The maximum Gasteiger partial charge on any atom is 0.294 e. The number of nitrogens with one attached hydrogen (secondary N) is 1. The normalized spacial score (nSPS) is 14.5. The number of unbranched alkanes of at least 4 members (excludes halogenated alkanes) is 4. The molecule has 1 saturated carbocycles. The lowest BCUT2D eigenvalue weighted by molar-refractivity contribution is -0.757. The van der Waals surface area contributed by atoms with E-state index in [1.54, 1.807) is 0 Å². The minimum absolute atomic E-state index is 0.196. The number of carbonyl (C=O) groups excluding carboxylic acids is 1. The van der Waals surface area contributed by atoms with Gasteiger partial charge in [0, 0.05) is 12.5 Å². The van der Waals surface area contributed by atoms with Crippen LogP contribution < -0.4 is 5.32 Å².